The summed E-state index contributed by atoms with van der Waals surface area (Å²) in [6.07, 6.45) is 6.23. The minimum atomic E-state index is -4.01. The van der Waals surface area contributed by atoms with Crippen molar-refractivity contribution in [3.05, 3.63) is 47.2 Å². The van der Waals surface area contributed by atoms with Gasteiger partial charge in [0.05, 0.1) is 33.2 Å². The molecule has 3 atom stereocenters. The van der Waals surface area contributed by atoms with Gasteiger partial charge in [0.15, 0.2) is 11.2 Å². The molecule has 2 heterocycles. The molecular weight excluding hydrogens is 567 g/mol. The number of carbonyl (C=O) groups is 1. The highest BCUT2D eigenvalue weighted by molar-refractivity contribution is 9.10. The number of carbonyl (C=O) groups excluding carboxylic acids is 1. The van der Waals surface area contributed by atoms with Crippen LogP contribution in [0.3, 0.4) is 0 Å². The van der Waals surface area contributed by atoms with Crippen molar-refractivity contribution in [2.24, 2.45) is 5.92 Å². The van der Waals surface area contributed by atoms with Gasteiger partial charge in [-0.3, -0.25) is 9.32 Å². The minimum absolute atomic E-state index is 0.0676. The predicted octanol–water partition coefficient (Wildman–Crippen LogP) is 4.04. The Kier molecular flexibility index (Phi) is 7.88. The van der Waals surface area contributed by atoms with Crippen molar-refractivity contribution in [3.63, 3.8) is 0 Å². The summed E-state index contributed by atoms with van der Waals surface area (Å²) >= 11 is 3.36. The molecule has 1 unspecified atom stereocenters. The van der Waals surface area contributed by atoms with Crippen LogP contribution in [-0.2, 0) is 18.6 Å². The van der Waals surface area contributed by atoms with Gasteiger partial charge in [-0.2, -0.15) is 15.1 Å². The lowest BCUT2D eigenvalue weighted by Gasteiger charge is -2.29. The van der Waals surface area contributed by atoms with Crippen molar-refractivity contribution >= 4 is 46.8 Å². The second-order valence-electron chi connectivity index (χ2n) is 8.93. The summed E-state index contributed by atoms with van der Waals surface area (Å²) in [5.74, 6) is -0.0176. The SMILES string of the molecule is COC(=O)C(C)(C)NP(=O)(OC[C@@H]1C=C[C@H](n2cnc3c(OC)nc(N)nc32)C1)Oc1ccc(Br)cc1. The van der Waals surface area contributed by atoms with E-state index in [4.69, 9.17) is 24.3 Å². The summed E-state index contributed by atoms with van der Waals surface area (Å²) in [6, 6.07) is 6.69. The zero-order chi connectivity index (χ0) is 26.8. The number of benzene rings is 1. The number of nitrogens with one attached hydrogen (secondary N) is 1. The minimum Gasteiger partial charge on any atom is -0.479 e. The third-order valence-electron chi connectivity index (χ3n) is 5.72. The average molecular weight is 595 g/mol. The zero-order valence-electron chi connectivity index (χ0n) is 20.8. The molecular formula is C23H28BrN6O6P. The molecule has 3 aromatic rings. The highest BCUT2D eigenvalue weighted by Gasteiger charge is 2.40. The van der Waals surface area contributed by atoms with Crippen LogP contribution in [0.4, 0.5) is 5.95 Å². The quantitative estimate of drug-likeness (QED) is 0.198. The molecule has 1 aliphatic carbocycles. The van der Waals surface area contributed by atoms with Crippen LogP contribution in [0, 0.1) is 5.92 Å². The molecule has 14 heteroatoms. The Balaban J connectivity index is 1.49. The van der Waals surface area contributed by atoms with Crippen LogP contribution in [0.15, 0.2) is 47.2 Å². The molecule has 0 bridgehead atoms. The van der Waals surface area contributed by atoms with Gasteiger partial charge < -0.3 is 24.3 Å². The van der Waals surface area contributed by atoms with E-state index in [9.17, 15) is 9.36 Å². The van der Waals surface area contributed by atoms with E-state index in [0.29, 0.717) is 29.2 Å². The first-order valence-corrected chi connectivity index (χ1v) is 13.7. The van der Waals surface area contributed by atoms with Crippen LogP contribution in [0.2, 0.25) is 0 Å². The number of hydrogen-bond donors (Lipinski definition) is 2. The number of nitrogens with zero attached hydrogens (tertiary/aromatic N) is 4. The van der Waals surface area contributed by atoms with Gasteiger partial charge in [0.25, 0.3) is 0 Å². The van der Waals surface area contributed by atoms with Crippen LogP contribution in [0.5, 0.6) is 11.6 Å². The molecule has 2 aromatic heterocycles. The maximum absolute atomic E-state index is 13.8. The molecule has 0 radical (unpaired) electrons. The number of nitrogen functional groups attached to an aromatic ring is 1. The Morgan fingerprint density at radius 1 is 1.24 bits per heavy atom. The summed E-state index contributed by atoms with van der Waals surface area (Å²) in [7, 11) is -1.26. The summed E-state index contributed by atoms with van der Waals surface area (Å²) in [5.41, 5.74) is 5.56. The molecule has 0 saturated heterocycles. The molecule has 1 aromatic carbocycles. The number of hydrogen-bond acceptors (Lipinski definition) is 10. The number of fused-ring (bicyclic) bond motifs is 1. The Morgan fingerprint density at radius 2 is 1.97 bits per heavy atom. The summed E-state index contributed by atoms with van der Waals surface area (Å²) in [4.78, 5) is 25.0. The molecule has 0 aliphatic heterocycles. The van der Waals surface area contributed by atoms with Gasteiger partial charge in [0.1, 0.15) is 11.3 Å². The highest BCUT2D eigenvalue weighted by Crippen LogP contribution is 2.47. The third kappa shape index (κ3) is 6.12. The zero-order valence-corrected chi connectivity index (χ0v) is 23.2. The lowest BCUT2D eigenvalue weighted by molar-refractivity contribution is -0.146. The number of aromatic nitrogens is 4. The maximum Gasteiger partial charge on any atom is 0.459 e. The van der Waals surface area contributed by atoms with E-state index in [-0.39, 0.29) is 24.5 Å². The van der Waals surface area contributed by atoms with Gasteiger partial charge in [0.2, 0.25) is 11.8 Å². The third-order valence-corrected chi connectivity index (χ3v) is 8.02. The molecule has 4 rings (SSSR count). The van der Waals surface area contributed by atoms with Crippen molar-refractivity contribution in [1.82, 2.24) is 24.6 Å². The smallest absolute Gasteiger partial charge is 0.459 e. The number of nitrogens with two attached hydrogens (primary N) is 1. The molecule has 37 heavy (non-hydrogen) atoms. The van der Waals surface area contributed by atoms with Crippen LogP contribution in [0.1, 0.15) is 26.3 Å². The number of halogens is 1. The van der Waals surface area contributed by atoms with E-state index in [1.165, 1.54) is 28.1 Å². The Bertz CT molecular complexity index is 1360. The molecule has 198 valence electrons. The molecule has 0 spiro atoms. The number of esters is 1. The van der Waals surface area contributed by atoms with Gasteiger partial charge in [-0.1, -0.05) is 28.1 Å². The number of imidazole rings is 1. The van der Waals surface area contributed by atoms with Gasteiger partial charge in [0, 0.05) is 10.4 Å². The van der Waals surface area contributed by atoms with Crippen LogP contribution in [-0.4, -0.2) is 51.9 Å². The van der Waals surface area contributed by atoms with Crippen LogP contribution in [0.25, 0.3) is 11.2 Å². The summed E-state index contributed by atoms with van der Waals surface area (Å²) in [6.45, 7) is 3.15. The van der Waals surface area contributed by atoms with Gasteiger partial charge in [-0.15, -0.1) is 0 Å². The average Bonchev–Trinajstić information content (AvgIpc) is 3.49. The van der Waals surface area contributed by atoms with E-state index < -0.39 is 19.3 Å². The van der Waals surface area contributed by atoms with Gasteiger partial charge >= 0.3 is 13.7 Å². The molecule has 0 fully saturated rings. The lowest BCUT2D eigenvalue weighted by Crippen LogP contribution is -2.46. The number of anilines is 1. The number of allylic oxidation sites excluding steroid dienone is 1. The fourth-order valence-electron chi connectivity index (χ4n) is 3.93. The molecule has 0 amide bonds. The van der Waals surface area contributed by atoms with E-state index in [0.717, 1.165) is 4.47 Å². The van der Waals surface area contributed by atoms with Gasteiger partial charge in [-0.05, 0) is 44.5 Å². The first kappa shape index (κ1) is 27.1. The predicted molar refractivity (Wildman–Crippen MR) is 140 cm³/mol. The largest absolute Gasteiger partial charge is 0.479 e. The normalized spacial score (nSPS) is 19.1. The Hall–Kier alpha value is -2.99. The van der Waals surface area contributed by atoms with E-state index in [1.54, 1.807) is 30.6 Å². The van der Waals surface area contributed by atoms with E-state index >= 15 is 0 Å². The van der Waals surface area contributed by atoms with Crippen molar-refractivity contribution < 1.29 is 27.9 Å². The second kappa shape index (κ2) is 10.8. The molecule has 0 saturated carbocycles. The monoisotopic (exact) mass is 594 g/mol. The Labute approximate surface area is 222 Å². The number of methoxy groups -OCH3 is 2. The van der Waals surface area contributed by atoms with Crippen molar-refractivity contribution in [1.29, 1.82) is 0 Å². The lowest BCUT2D eigenvalue weighted by atomic mass is 10.1. The first-order chi connectivity index (χ1) is 17.5. The van der Waals surface area contributed by atoms with Gasteiger partial charge in [-0.25, -0.2) is 9.55 Å². The topological polar surface area (TPSA) is 153 Å². The summed E-state index contributed by atoms with van der Waals surface area (Å²) < 4.78 is 38.2. The number of ether oxygens (including phenoxy) is 2. The standard InChI is InChI=1S/C23H28BrN6O6P/c1-23(2,21(31)34-4)29-37(32,36-17-9-6-15(24)7-10-17)35-12-14-5-8-16(11-14)30-13-26-18-19(30)27-22(25)28-20(18)33-3/h5-10,13-14,16H,11-12H2,1-4H3,(H,29,32)(H2,25,27,28)/t14-,16+,37?/m1/s1. The van der Waals surface area contributed by atoms with Crippen molar-refractivity contribution in [2.45, 2.75) is 31.8 Å². The van der Waals surface area contributed by atoms with E-state index in [2.05, 4.69) is 36.0 Å². The van der Waals surface area contributed by atoms with Crippen molar-refractivity contribution in [3.8, 4) is 11.6 Å². The molecule has 3 N–H and O–H groups in total. The van der Waals surface area contributed by atoms with Crippen LogP contribution >= 0.6 is 23.7 Å². The molecule has 12 nitrogen and oxygen atoms in total. The maximum atomic E-state index is 13.8. The molecule has 1 aliphatic rings. The highest BCUT2D eigenvalue weighted by atomic mass is 79.9. The summed E-state index contributed by atoms with van der Waals surface area (Å²) in [5, 5.41) is 2.73. The van der Waals surface area contributed by atoms with Crippen LogP contribution < -0.4 is 20.1 Å². The number of rotatable bonds is 10. The fourth-order valence-corrected chi connectivity index (χ4v) is 5.92. The first-order valence-electron chi connectivity index (χ1n) is 11.3. The Morgan fingerprint density at radius 3 is 2.65 bits per heavy atom. The van der Waals surface area contributed by atoms with E-state index in [1.807, 2.05) is 16.7 Å². The fraction of sp³-hybridized carbons (Fsp3) is 0.391. The second-order valence-corrected chi connectivity index (χ2v) is 11.5. The van der Waals surface area contributed by atoms with Crippen molar-refractivity contribution in [2.75, 3.05) is 26.6 Å².